The van der Waals surface area contributed by atoms with Crippen LogP contribution >= 0.6 is 0 Å². The monoisotopic (exact) mass is 463 g/mol. The van der Waals surface area contributed by atoms with Crippen LogP contribution < -0.4 is 21.5 Å². The van der Waals surface area contributed by atoms with E-state index >= 15 is 0 Å². The molecule has 0 bridgehead atoms. The van der Waals surface area contributed by atoms with Crippen LogP contribution in [-0.4, -0.2) is 42.2 Å². The predicted octanol–water partition coefficient (Wildman–Crippen LogP) is 2.97. The molecule has 5 N–H and O–H groups in total. The number of carbonyl (C=O) groups is 2. The van der Waals surface area contributed by atoms with Crippen molar-refractivity contribution in [2.45, 2.75) is 40.3 Å². The number of benzene rings is 2. The van der Waals surface area contributed by atoms with Gasteiger partial charge in [-0.15, -0.1) is 0 Å². The van der Waals surface area contributed by atoms with Gasteiger partial charge in [-0.3, -0.25) is 14.6 Å². The summed E-state index contributed by atoms with van der Waals surface area (Å²) in [6.45, 7) is 8.36. The summed E-state index contributed by atoms with van der Waals surface area (Å²) in [5.41, 5.74) is 15.0. The van der Waals surface area contributed by atoms with Gasteiger partial charge in [-0.1, -0.05) is 51.1 Å². The van der Waals surface area contributed by atoms with E-state index in [0.717, 1.165) is 16.8 Å². The van der Waals surface area contributed by atoms with Gasteiger partial charge in [-0.2, -0.15) is 0 Å². The summed E-state index contributed by atoms with van der Waals surface area (Å²) in [5, 5.41) is 3.27. The molecule has 1 atom stereocenters. The van der Waals surface area contributed by atoms with Crippen molar-refractivity contribution in [3.8, 4) is 5.75 Å². The van der Waals surface area contributed by atoms with Gasteiger partial charge in [0, 0.05) is 25.0 Å². The third-order valence-corrected chi connectivity index (χ3v) is 5.68. The number of ether oxygens (including phenoxy) is 1. The van der Waals surface area contributed by atoms with Gasteiger partial charge in [-0.05, 0) is 41.7 Å². The molecule has 0 aliphatic carbocycles. The Kier molecular flexibility index (Phi) is 7.29. The number of primary amides is 1. The average Bonchev–Trinajstić information content (AvgIpc) is 3.02. The van der Waals surface area contributed by atoms with Crippen molar-refractivity contribution in [2.24, 2.45) is 21.9 Å². The second-order valence-corrected chi connectivity index (χ2v) is 9.45. The number of hydrogen-bond acceptors (Lipinski definition) is 5. The molecule has 0 saturated heterocycles. The fourth-order valence-corrected chi connectivity index (χ4v) is 4.18. The number of aliphatic imine (C=N–C) groups is 1. The predicted molar refractivity (Wildman–Crippen MR) is 134 cm³/mol. The van der Waals surface area contributed by atoms with Crippen LogP contribution in [-0.2, 0) is 16.1 Å². The smallest absolute Gasteiger partial charge is 0.260 e. The molecule has 0 aromatic heterocycles. The first-order chi connectivity index (χ1) is 16.0. The van der Waals surface area contributed by atoms with Crippen molar-refractivity contribution in [3.05, 3.63) is 70.9 Å². The largest absolute Gasteiger partial charge is 0.484 e. The van der Waals surface area contributed by atoms with Crippen LogP contribution in [0.2, 0.25) is 0 Å². The first kappa shape index (κ1) is 24.8. The zero-order valence-electron chi connectivity index (χ0n) is 20.4. The molecule has 1 aliphatic rings. The molecule has 2 amide bonds. The number of rotatable bonds is 7. The summed E-state index contributed by atoms with van der Waals surface area (Å²) >= 11 is 0. The summed E-state index contributed by atoms with van der Waals surface area (Å²) < 4.78 is 5.37. The first-order valence-electron chi connectivity index (χ1n) is 11.1. The quantitative estimate of drug-likeness (QED) is 0.430. The van der Waals surface area contributed by atoms with Gasteiger partial charge in [0.25, 0.3) is 11.8 Å². The molecule has 1 aliphatic heterocycles. The minimum atomic E-state index is -0.545. The summed E-state index contributed by atoms with van der Waals surface area (Å²) in [6, 6.07) is 14.9. The third-order valence-electron chi connectivity index (χ3n) is 5.68. The van der Waals surface area contributed by atoms with Crippen LogP contribution in [0.15, 0.2) is 64.8 Å². The fraction of sp³-hybridized carbons (Fsp3) is 0.346. The van der Waals surface area contributed by atoms with Gasteiger partial charge < -0.3 is 26.4 Å². The Morgan fingerprint density at radius 1 is 1.18 bits per heavy atom. The molecular formula is C26H33N5O3. The molecule has 2 aromatic carbocycles. The van der Waals surface area contributed by atoms with Crippen molar-refractivity contribution in [2.75, 3.05) is 19.0 Å². The van der Waals surface area contributed by atoms with Crippen LogP contribution in [0.5, 0.6) is 5.75 Å². The Morgan fingerprint density at radius 3 is 2.41 bits per heavy atom. The Bertz CT molecular complexity index is 1130. The molecule has 180 valence electrons. The maximum atomic E-state index is 13.7. The van der Waals surface area contributed by atoms with Gasteiger partial charge in [0.15, 0.2) is 6.61 Å². The van der Waals surface area contributed by atoms with Crippen LogP contribution in [0.3, 0.4) is 0 Å². The SMILES string of the molecule is CN=C(Nc1ccc(OCC(N)=O)cc1C)C1=C(N)C(C(C)(C)C)N(Cc2ccccc2)C1=O. The lowest BCUT2D eigenvalue weighted by Gasteiger charge is -2.36. The number of nitrogens with zero attached hydrogens (tertiary/aromatic N) is 2. The lowest BCUT2D eigenvalue weighted by Crippen LogP contribution is -2.44. The van der Waals surface area contributed by atoms with Crippen molar-refractivity contribution in [1.29, 1.82) is 0 Å². The molecule has 1 unspecified atom stereocenters. The molecular weight excluding hydrogens is 430 g/mol. The van der Waals surface area contributed by atoms with Gasteiger partial charge >= 0.3 is 0 Å². The molecule has 0 saturated carbocycles. The van der Waals surface area contributed by atoms with Crippen molar-refractivity contribution >= 4 is 23.3 Å². The topological polar surface area (TPSA) is 123 Å². The van der Waals surface area contributed by atoms with E-state index in [2.05, 4.69) is 31.1 Å². The second kappa shape index (κ2) is 9.99. The normalized spacial score (nSPS) is 16.7. The van der Waals surface area contributed by atoms with Crippen LogP contribution in [0, 0.1) is 12.3 Å². The Balaban J connectivity index is 1.90. The molecule has 0 fully saturated rings. The number of nitrogens with one attached hydrogen (secondary N) is 1. The number of hydrogen-bond donors (Lipinski definition) is 3. The van der Waals surface area contributed by atoms with Gasteiger partial charge in [0.1, 0.15) is 17.2 Å². The number of carbonyl (C=O) groups excluding carboxylic acids is 2. The van der Waals surface area contributed by atoms with Gasteiger partial charge in [-0.25, -0.2) is 0 Å². The van der Waals surface area contributed by atoms with Gasteiger partial charge in [0.05, 0.1) is 6.04 Å². The minimum Gasteiger partial charge on any atom is -0.484 e. The van der Waals surface area contributed by atoms with Crippen LogP contribution in [0.1, 0.15) is 31.9 Å². The highest BCUT2D eigenvalue weighted by Crippen LogP contribution is 2.37. The molecule has 1 heterocycles. The molecule has 34 heavy (non-hydrogen) atoms. The van der Waals surface area contributed by atoms with E-state index in [4.69, 9.17) is 16.2 Å². The summed E-state index contributed by atoms with van der Waals surface area (Å²) in [5.74, 6) is 0.222. The van der Waals surface area contributed by atoms with Crippen molar-refractivity contribution in [1.82, 2.24) is 4.90 Å². The Hall–Kier alpha value is -3.81. The number of aryl methyl sites for hydroxylation is 1. The van der Waals surface area contributed by atoms with E-state index in [9.17, 15) is 9.59 Å². The van der Waals surface area contributed by atoms with E-state index in [1.807, 2.05) is 42.2 Å². The molecule has 2 aromatic rings. The van der Waals surface area contributed by atoms with Crippen molar-refractivity contribution < 1.29 is 14.3 Å². The lowest BCUT2D eigenvalue weighted by atomic mass is 9.84. The Morgan fingerprint density at radius 2 is 1.85 bits per heavy atom. The standard InChI is InChI=1S/C26H33N5O3/c1-16-13-18(34-15-20(27)32)11-12-19(16)30-24(29-5)21-22(28)23(26(2,3)4)31(25(21)33)14-17-9-7-6-8-10-17/h6-13,23H,14-15,28H2,1-5H3,(H2,27,32)(H,29,30). The van der Waals surface area contributed by atoms with E-state index in [1.54, 1.807) is 25.2 Å². The highest BCUT2D eigenvalue weighted by atomic mass is 16.5. The lowest BCUT2D eigenvalue weighted by molar-refractivity contribution is -0.128. The number of amidine groups is 1. The van der Waals surface area contributed by atoms with Gasteiger partial charge in [0.2, 0.25) is 0 Å². The number of anilines is 1. The van der Waals surface area contributed by atoms with E-state index < -0.39 is 5.91 Å². The van der Waals surface area contributed by atoms with E-state index in [0.29, 0.717) is 29.4 Å². The average molecular weight is 464 g/mol. The second-order valence-electron chi connectivity index (χ2n) is 9.45. The summed E-state index contributed by atoms with van der Waals surface area (Å²) in [7, 11) is 1.63. The first-order valence-corrected chi connectivity index (χ1v) is 11.1. The summed E-state index contributed by atoms with van der Waals surface area (Å²) in [4.78, 5) is 30.8. The highest BCUT2D eigenvalue weighted by Gasteiger charge is 2.45. The summed E-state index contributed by atoms with van der Waals surface area (Å²) in [6.07, 6.45) is 0. The third kappa shape index (κ3) is 5.39. The molecule has 0 radical (unpaired) electrons. The van der Waals surface area contributed by atoms with E-state index in [-0.39, 0.29) is 24.0 Å². The molecule has 0 spiro atoms. The molecule has 3 rings (SSSR count). The van der Waals surface area contributed by atoms with E-state index in [1.165, 1.54) is 0 Å². The van der Waals surface area contributed by atoms with Crippen molar-refractivity contribution in [3.63, 3.8) is 0 Å². The zero-order valence-corrected chi connectivity index (χ0v) is 20.4. The van der Waals surface area contributed by atoms with Crippen LogP contribution in [0.4, 0.5) is 5.69 Å². The maximum absolute atomic E-state index is 13.7. The fourth-order valence-electron chi connectivity index (χ4n) is 4.18. The maximum Gasteiger partial charge on any atom is 0.260 e. The number of amides is 2. The van der Waals surface area contributed by atoms with Crippen LogP contribution in [0.25, 0.3) is 0 Å². The molecule has 8 heteroatoms. The zero-order chi connectivity index (χ0) is 25.0. The minimum absolute atomic E-state index is 0.159. The Labute approximate surface area is 200 Å². The number of nitrogens with two attached hydrogens (primary N) is 2. The molecule has 8 nitrogen and oxygen atoms in total. The highest BCUT2D eigenvalue weighted by molar-refractivity contribution is 6.27.